The van der Waals surface area contributed by atoms with Gasteiger partial charge in [0, 0.05) is 12.5 Å². The van der Waals surface area contributed by atoms with Gasteiger partial charge in [0.25, 0.3) is 0 Å². The standard InChI is InChI=1S/C22H33NO5/c1-16-12-23(19(24)28-20(2,3)4)22(14-26-21(5,6)27-15-22)18(16)25-13-17-10-8-7-9-11-17/h7-11,16,18H,12-15H2,1-6H3/t16-,18+/m0/s1. The maximum Gasteiger partial charge on any atom is 0.411 e. The van der Waals surface area contributed by atoms with E-state index in [1.807, 2.05) is 65.0 Å². The molecule has 2 heterocycles. The topological polar surface area (TPSA) is 57.2 Å². The maximum absolute atomic E-state index is 13.0. The highest BCUT2D eigenvalue weighted by atomic mass is 16.7. The van der Waals surface area contributed by atoms with Gasteiger partial charge in [-0.1, -0.05) is 37.3 Å². The highest BCUT2D eigenvalue weighted by molar-refractivity contribution is 5.70. The predicted molar refractivity (Wildman–Crippen MR) is 106 cm³/mol. The molecule has 1 amide bonds. The van der Waals surface area contributed by atoms with Crippen LogP contribution in [0.15, 0.2) is 30.3 Å². The van der Waals surface area contributed by atoms with E-state index in [4.69, 9.17) is 18.9 Å². The Bertz CT molecular complexity index is 672. The molecule has 0 radical (unpaired) electrons. The molecule has 28 heavy (non-hydrogen) atoms. The number of nitrogens with zero attached hydrogens (tertiary/aromatic N) is 1. The molecular formula is C22H33NO5. The zero-order valence-corrected chi connectivity index (χ0v) is 17.9. The fourth-order valence-electron chi connectivity index (χ4n) is 3.90. The molecular weight excluding hydrogens is 358 g/mol. The van der Waals surface area contributed by atoms with E-state index in [0.717, 1.165) is 5.56 Å². The van der Waals surface area contributed by atoms with Crippen molar-refractivity contribution in [2.75, 3.05) is 19.8 Å². The molecule has 0 bridgehead atoms. The third kappa shape index (κ3) is 4.50. The fourth-order valence-corrected chi connectivity index (χ4v) is 3.90. The number of hydrogen-bond donors (Lipinski definition) is 0. The van der Waals surface area contributed by atoms with E-state index in [2.05, 4.69) is 6.92 Å². The van der Waals surface area contributed by atoms with Gasteiger partial charge in [-0.2, -0.15) is 0 Å². The Balaban J connectivity index is 1.84. The summed E-state index contributed by atoms with van der Waals surface area (Å²) < 4.78 is 24.0. The number of likely N-dealkylation sites (tertiary alicyclic amines) is 1. The van der Waals surface area contributed by atoms with Gasteiger partial charge >= 0.3 is 6.09 Å². The first-order chi connectivity index (χ1) is 13.0. The van der Waals surface area contributed by atoms with Crippen molar-refractivity contribution in [1.29, 1.82) is 0 Å². The van der Waals surface area contributed by atoms with Crippen molar-refractivity contribution < 1.29 is 23.7 Å². The summed E-state index contributed by atoms with van der Waals surface area (Å²) in [5.74, 6) is -0.551. The Hall–Kier alpha value is -1.63. The highest BCUT2D eigenvalue weighted by Gasteiger charge is 2.59. The highest BCUT2D eigenvalue weighted by Crippen LogP contribution is 2.41. The molecule has 6 heteroatoms. The minimum Gasteiger partial charge on any atom is -0.444 e. The minimum absolute atomic E-state index is 0.129. The van der Waals surface area contributed by atoms with Gasteiger partial charge in [-0.05, 0) is 40.2 Å². The van der Waals surface area contributed by atoms with Crippen molar-refractivity contribution in [2.45, 2.75) is 71.2 Å². The SMILES string of the molecule is C[C@H]1CN(C(=O)OC(C)(C)C)C2(COC(C)(C)OC2)[C@@H]1OCc1ccccc1. The van der Waals surface area contributed by atoms with Crippen molar-refractivity contribution in [3.63, 3.8) is 0 Å². The average molecular weight is 392 g/mol. The van der Waals surface area contributed by atoms with E-state index in [9.17, 15) is 4.79 Å². The second kappa shape index (κ2) is 7.65. The molecule has 1 aromatic rings. The van der Waals surface area contributed by atoms with Gasteiger partial charge in [-0.3, -0.25) is 4.90 Å². The second-order valence-corrected chi connectivity index (χ2v) is 9.37. The molecule has 2 fully saturated rings. The van der Waals surface area contributed by atoms with Gasteiger partial charge in [0.1, 0.15) is 11.1 Å². The molecule has 2 aliphatic rings. The van der Waals surface area contributed by atoms with Gasteiger partial charge in [0.05, 0.1) is 25.9 Å². The van der Waals surface area contributed by atoms with Crippen LogP contribution >= 0.6 is 0 Å². The van der Waals surface area contributed by atoms with Gasteiger partial charge in [-0.15, -0.1) is 0 Å². The molecule has 0 N–H and O–H groups in total. The van der Waals surface area contributed by atoms with Crippen molar-refractivity contribution >= 4 is 6.09 Å². The van der Waals surface area contributed by atoms with Gasteiger partial charge in [-0.25, -0.2) is 4.79 Å². The maximum atomic E-state index is 13.0. The summed E-state index contributed by atoms with van der Waals surface area (Å²) in [6.07, 6.45) is -0.562. The van der Waals surface area contributed by atoms with Crippen molar-refractivity contribution in [3.8, 4) is 0 Å². The van der Waals surface area contributed by atoms with E-state index >= 15 is 0 Å². The smallest absolute Gasteiger partial charge is 0.411 e. The number of rotatable bonds is 3. The second-order valence-electron chi connectivity index (χ2n) is 9.37. The molecule has 6 nitrogen and oxygen atoms in total. The Labute approximate surface area is 168 Å². The molecule has 3 rings (SSSR count). The summed E-state index contributed by atoms with van der Waals surface area (Å²) in [5, 5.41) is 0. The van der Waals surface area contributed by atoms with Crippen LogP contribution in [0.3, 0.4) is 0 Å². The predicted octanol–water partition coefficient (Wildman–Crippen LogP) is 3.98. The van der Waals surface area contributed by atoms with Crippen LogP contribution in [-0.4, -0.2) is 53.8 Å². The fraction of sp³-hybridized carbons (Fsp3) is 0.682. The normalized spacial score (nSPS) is 26.4. The number of amides is 1. The van der Waals surface area contributed by atoms with Gasteiger partial charge in [0.2, 0.25) is 0 Å². The van der Waals surface area contributed by atoms with E-state index in [0.29, 0.717) is 26.4 Å². The summed E-state index contributed by atoms with van der Waals surface area (Å²) >= 11 is 0. The summed E-state index contributed by atoms with van der Waals surface area (Å²) in [6.45, 7) is 13.2. The first kappa shape index (κ1) is 21.1. The van der Waals surface area contributed by atoms with E-state index < -0.39 is 16.9 Å². The third-order valence-corrected chi connectivity index (χ3v) is 5.28. The monoisotopic (exact) mass is 391 g/mol. The van der Waals surface area contributed by atoms with Gasteiger partial charge in [0.15, 0.2) is 5.79 Å². The Morgan fingerprint density at radius 3 is 2.36 bits per heavy atom. The number of carbonyl (C=O) groups is 1. The molecule has 2 atom stereocenters. The molecule has 0 unspecified atom stereocenters. The van der Waals surface area contributed by atoms with E-state index in [1.165, 1.54) is 0 Å². The van der Waals surface area contributed by atoms with E-state index in [1.54, 1.807) is 4.90 Å². The Morgan fingerprint density at radius 1 is 1.18 bits per heavy atom. The molecule has 1 aromatic carbocycles. The molecule has 0 aromatic heterocycles. The summed E-state index contributed by atoms with van der Waals surface area (Å²) in [7, 11) is 0. The summed E-state index contributed by atoms with van der Waals surface area (Å²) in [6, 6.07) is 10.0. The van der Waals surface area contributed by atoms with Crippen molar-refractivity contribution in [1.82, 2.24) is 4.90 Å². The summed E-state index contributed by atoms with van der Waals surface area (Å²) in [5.41, 5.74) is -0.176. The zero-order chi connectivity index (χ0) is 20.6. The number of ether oxygens (including phenoxy) is 4. The first-order valence-electron chi connectivity index (χ1n) is 9.96. The Kier molecular flexibility index (Phi) is 5.76. The zero-order valence-electron chi connectivity index (χ0n) is 17.9. The number of benzene rings is 1. The van der Waals surface area contributed by atoms with E-state index in [-0.39, 0.29) is 18.1 Å². The lowest BCUT2D eigenvalue weighted by molar-refractivity contribution is -0.294. The van der Waals surface area contributed by atoms with Crippen LogP contribution in [0.5, 0.6) is 0 Å². The molecule has 0 saturated carbocycles. The summed E-state index contributed by atoms with van der Waals surface area (Å²) in [4.78, 5) is 14.8. The van der Waals surface area contributed by atoms with Crippen molar-refractivity contribution in [3.05, 3.63) is 35.9 Å². The molecule has 2 saturated heterocycles. The lowest BCUT2D eigenvalue weighted by atomic mass is 9.89. The van der Waals surface area contributed by atoms with Crippen LogP contribution < -0.4 is 0 Å². The van der Waals surface area contributed by atoms with Crippen LogP contribution in [0.4, 0.5) is 4.79 Å². The quantitative estimate of drug-likeness (QED) is 0.780. The van der Waals surface area contributed by atoms with Gasteiger partial charge < -0.3 is 18.9 Å². The molecule has 156 valence electrons. The van der Waals surface area contributed by atoms with Crippen LogP contribution in [-0.2, 0) is 25.6 Å². The molecule has 1 spiro atoms. The number of hydrogen-bond acceptors (Lipinski definition) is 5. The van der Waals surface area contributed by atoms with Crippen molar-refractivity contribution in [2.24, 2.45) is 5.92 Å². The van der Waals surface area contributed by atoms with Crippen LogP contribution in [0.25, 0.3) is 0 Å². The third-order valence-electron chi connectivity index (χ3n) is 5.28. The lowest BCUT2D eigenvalue weighted by Crippen LogP contribution is -2.65. The first-order valence-corrected chi connectivity index (χ1v) is 9.96. The Morgan fingerprint density at radius 2 is 1.79 bits per heavy atom. The minimum atomic E-state index is -0.702. The molecule has 2 aliphatic heterocycles. The van der Waals surface area contributed by atoms with Crippen LogP contribution in [0, 0.1) is 5.92 Å². The van der Waals surface area contributed by atoms with Crippen LogP contribution in [0.1, 0.15) is 47.1 Å². The number of carbonyl (C=O) groups excluding carboxylic acids is 1. The average Bonchev–Trinajstić information content (AvgIpc) is 2.88. The van der Waals surface area contributed by atoms with Crippen LogP contribution in [0.2, 0.25) is 0 Å². The lowest BCUT2D eigenvalue weighted by Gasteiger charge is -2.48. The molecule has 0 aliphatic carbocycles. The largest absolute Gasteiger partial charge is 0.444 e.